The summed E-state index contributed by atoms with van der Waals surface area (Å²) in [5.41, 5.74) is 13.5. The number of pyridine rings is 1. The van der Waals surface area contributed by atoms with Gasteiger partial charge in [0.25, 0.3) is 0 Å². The molecule has 0 amide bonds. The van der Waals surface area contributed by atoms with Crippen LogP contribution in [-0.2, 0) is 26.5 Å². The Kier molecular flexibility index (Phi) is 11.0. The molecule has 1 aliphatic rings. The van der Waals surface area contributed by atoms with Crippen LogP contribution in [0.1, 0.15) is 53.1 Å². The first-order valence-electron chi connectivity index (χ1n) is 17.6. The second-order valence-electron chi connectivity index (χ2n) is 14.8. The standard InChI is InChI=1S/C28H20NO.C18H24GeN.Ir/c1-17-9-7-10-18(2)25(17)26-21-12-3-5-15-23(21)29-27(26)22-14-8-13-20-19-11-4-6-16-24(19)30-28(20)22;1-14(2)11-16-12-18(15-9-7-6-8-10-15)20-13-17(16)19(3,4)5;/h3-13,15-16,26H,1-2H3;6-9,12-14H,11H2,1-5H3;/q2*-1;. The van der Waals surface area contributed by atoms with Crippen molar-refractivity contribution in [3.8, 4) is 11.3 Å². The molecule has 1 radical (unpaired) electrons. The molecule has 3 heterocycles. The normalized spacial score (nSPS) is 13.8. The molecule has 8 rings (SSSR count). The number of hydrogen-bond acceptors (Lipinski definition) is 3. The SMILES string of the molecule is CC(C)Cc1cc(-c2[c-]cccc2)nc[c]1[Ge]([CH3])([CH3])[CH3].Cc1cccc(C)c1C1C(c2[c-]ccc3c2oc2ccccc23)=Nc2ccccc21.[Ir]. The Hall–Kier alpha value is -4.09. The van der Waals surface area contributed by atoms with Gasteiger partial charge in [0.15, 0.2) is 0 Å². The van der Waals surface area contributed by atoms with E-state index >= 15 is 0 Å². The Morgan fingerprint density at radius 2 is 1.51 bits per heavy atom. The second-order valence-corrected chi connectivity index (χ2v) is 25.4. The largest absolute Gasteiger partial charge is 0.501 e. The molecule has 1 unspecified atom stereocenters. The maximum atomic E-state index is 6.33. The van der Waals surface area contributed by atoms with Gasteiger partial charge in [0.05, 0.1) is 11.3 Å². The number of nitrogens with zero attached hydrogens (tertiary/aromatic N) is 2. The number of fused-ring (bicyclic) bond motifs is 4. The van der Waals surface area contributed by atoms with Crippen LogP contribution in [0.3, 0.4) is 0 Å². The van der Waals surface area contributed by atoms with E-state index in [1.165, 1.54) is 27.8 Å². The maximum absolute atomic E-state index is 6.33. The van der Waals surface area contributed by atoms with Gasteiger partial charge in [0, 0.05) is 31.4 Å². The molecule has 0 aliphatic carbocycles. The van der Waals surface area contributed by atoms with Gasteiger partial charge in [-0.3, -0.25) is 4.99 Å². The minimum atomic E-state index is -1.86. The third kappa shape index (κ3) is 7.46. The van der Waals surface area contributed by atoms with E-state index < -0.39 is 13.3 Å². The van der Waals surface area contributed by atoms with Crippen molar-refractivity contribution in [3.63, 3.8) is 0 Å². The van der Waals surface area contributed by atoms with Crippen LogP contribution < -0.4 is 4.40 Å². The van der Waals surface area contributed by atoms with Gasteiger partial charge in [-0.1, -0.05) is 65.5 Å². The molecule has 0 bridgehead atoms. The van der Waals surface area contributed by atoms with Gasteiger partial charge in [-0.2, -0.15) is 0 Å². The minimum absolute atomic E-state index is 0. The predicted octanol–water partition coefficient (Wildman–Crippen LogP) is 11.6. The van der Waals surface area contributed by atoms with Crippen LogP contribution in [0.15, 0.2) is 125 Å². The first-order chi connectivity index (χ1) is 24.1. The number of benzene rings is 5. The quantitative estimate of drug-likeness (QED) is 0.123. The minimum Gasteiger partial charge on any atom is -0.501 e. The third-order valence-corrected chi connectivity index (χ3v) is 13.9. The molecular weight excluding hydrogens is 861 g/mol. The van der Waals surface area contributed by atoms with E-state index in [1.54, 1.807) is 4.40 Å². The maximum Gasteiger partial charge on any atom is 0.120 e. The van der Waals surface area contributed by atoms with Gasteiger partial charge in [-0.15, -0.1) is 18.2 Å². The van der Waals surface area contributed by atoms with E-state index in [0.717, 1.165) is 56.6 Å². The Morgan fingerprint density at radius 3 is 2.24 bits per heavy atom. The zero-order chi connectivity index (χ0) is 35.0. The van der Waals surface area contributed by atoms with Gasteiger partial charge in [-0.25, -0.2) is 0 Å². The molecule has 0 saturated heterocycles. The average Bonchev–Trinajstić information content (AvgIpc) is 3.67. The van der Waals surface area contributed by atoms with Gasteiger partial charge in [0.2, 0.25) is 0 Å². The Morgan fingerprint density at radius 1 is 0.784 bits per heavy atom. The first kappa shape index (κ1) is 36.7. The molecule has 0 fully saturated rings. The van der Waals surface area contributed by atoms with E-state index in [1.807, 2.05) is 36.4 Å². The summed E-state index contributed by atoms with van der Waals surface area (Å²) in [5.74, 6) is 8.06. The van der Waals surface area contributed by atoms with Crippen molar-refractivity contribution in [1.82, 2.24) is 4.98 Å². The van der Waals surface area contributed by atoms with Crippen molar-refractivity contribution in [2.24, 2.45) is 10.9 Å². The summed E-state index contributed by atoms with van der Waals surface area (Å²) in [4.78, 5) is 9.81. The van der Waals surface area contributed by atoms with Gasteiger partial charge in [0.1, 0.15) is 5.58 Å². The number of rotatable bonds is 6. The molecule has 259 valence electrons. The van der Waals surface area contributed by atoms with Crippen molar-refractivity contribution >= 4 is 51.0 Å². The molecule has 5 aromatic carbocycles. The summed E-state index contributed by atoms with van der Waals surface area (Å²) in [6, 6.07) is 44.3. The Labute approximate surface area is 319 Å². The molecule has 0 spiro atoms. The van der Waals surface area contributed by atoms with Crippen LogP contribution in [0.4, 0.5) is 5.69 Å². The first-order valence-corrected chi connectivity index (χ1v) is 25.0. The summed E-state index contributed by atoms with van der Waals surface area (Å²) < 4.78 is 7.87. The average molecular weight is 906 g/mol. The second kappa shape index (κ2) is 15.3. The summed E-state index contributed by atoms with van der Waals surface area (Å²) in [6.45, 7) is 8.95. The van der Waals surface area contributed by atoms with E-state index in [4.69, 9.17) is 14.4 Å². The van der Waals surface area contributed by atoms with Gasteiger partial charge in [-0.05, 0) is 53.9 Å². The zero-order valence-corrected chi connectivity index (χ0v) is 35.0. The number of hydrogen-bond donors (Lipinski definition) is 0. The number of aryl methyl sites for hydroxylation is 2. The van der Waals surface area contributed by atoms with Crippen LogP contribution in [0.25, 0.3) is 33.2 Å². The fourth-order valence-electron chi connectivity index (χ4n) is 7.31. The van der Waals surface area contributed by atoms with Crippen LogP contribution >= 0.6 is 0 Å². The van der Waals surface area contributed by atoms with Crippen molar-refractivity contribution < 1.29 is 24.5 Å². The molecule has 0 N–H and O–H groups in total. The molecule has 7 aromatic rings. The van der Waals surface area contributed by atoms with Crippen molar-refractivity contribution in [2.45, 2.75) is 57.3 Å². The third-order valence-electron chi connectivity index (χ3n) is 9.60. The topological polar surface area (TPSA) is 38.4 Å². The number of aromatic nitrogens is 1. The van der Waals surface area contributed by atoms with E-state index in [9.17, 15) is 0 Å². The smallest absolute Gasteiger partial charge is 0.120 e. The monoisotopic (exact) mass is 907 g/mol. The number of aliphatic imine (C=N–C) groups is 1. The summed E-state index contributed by atoms with van der Waals surface area (Å²) >= 11 is -1.86. The van der Waals surface area contributed by atoms with Crippen molar-refractivity contribution in [2.75, 3.05) is 0 Å². The molecule has 51 heavy (non-hydrogen) atoms. The fourth-order valence-corrected chi connectivity index (χ4v) is 10.6. The van der Waals surface area contributed by atoms with E-state index in [2.05, 4.69) is 136 Å². The summed E-state index contributed by atoms with van der Waals surface area (Å²) in [5, 5.41) is 2.24. The molecule has 0 saturated carbocycles. The van der Waals surface area contributed by atoms with Crippen LogP contribution in [0.5, 0.6) is 0 Å². The number of para-hydroxylation sites is 2. The van der Waals surface area contributed by atoms with E-state index in [0.29, 0.717) is 5.92 Å². The Bertz CT molecular complexity index is 2330. The predicted molar refractivity (Wildman–Crippen MR) is 213 cm³/mol. The van der Waals surface area contributed by atoms with Gasteiger partial charge < -0.3 is 4.42 Å². The summed E-state index contributed by atoms with van der Waals surface area (Å²) in [6.07, 6.45) is 3.27. The van der Waals surface area contributed by atoms with Crippen LogP contribution in [0, 0.1) is 31.9 Å². The van der Waals surface area contributed by atoms with Crippen molar-refractivity contribution in [3.05, 3.63) is 161 Å². The molecular formula is C46H44GeIrN2O-2. The molecule has 1 aliphatic heterocycles. The van der Waals surface area contributed by atoms with Crippen LogP contribution in [0.2, 0.25) is 17.3 Å². The molecule has 3 nitrogen and oxygen atoms in total. The van der Waals surface area contributed by atoms with Crippen molar-refractivity contribution in [1.29, 1.82) is 0 Å². The van der Waals surface area contributed by atoms with E-state index in [-0.39, 0.29) is 26.0 Å². The molecule has 1 atom stereocenters. The summed E-state index contributed by atoms with van der Waals surface area (Å²) in [7, 11) is 0. The number of furan rings is 1. The van der Waals surface area contributed by atoms with Crippen LogP contribution in [-0.4, -0.2) is 24.0 Å². The fraction of sp³-hybridized carbons (Fsp3) is 0.217. The Balaban J connectivity index is 0.000000188. The molecule has 2 aromatic heterocycles. The van der Waals surface area contributed by atoms with Gasteiger partial charge >= 0.3 is 126 Å². The molecule has 5 heteroatoms. The zero-order valence-electron chi connectivity index (χ0n) is 30.5.